The molecule has 0 saturated heterocycles. The highest BCUT2D eigenvalue weighted by Gasteiger charge is 2.42. The van der Waals surface area contributed by atoms with E-state index >= 15 is 0 Å². The van der Waals surface area contributed by atoms with Crippen molar-refractivity contribution in [1.82, 2.24) is 5.32 Å². The van der Waals surface area contributed by atoms with Crippen LogP contribution in [0.4, 0.5) is 0 Å². The van der Waals surface area contributed by atoms with Gasteiger partial charge in [-0.3, -0.25) is 0 Å². The molecule has 0 aromatic heterocycles. The first-order valence-electron chi connectivity index (χ1n) is 7.58. The Bertz CT molecular complexity index is 221. The second-order valence-corrected chi connectivity index (χ2v) is 5.85. The SMILES string of the molecule is CCCOC1C(NCC)CC1OC(C)CC(C)C. The largest absolute Gasteiger partial charge is 0.374 e. The van der Waals surface area contributed by atoms with Gasteiger partial charge in [0.05, 0.1) is 18.3 Å². The third kappa shape index (κ3) is 4.87. The molecular weight excluding hydrogens is 226 g/mol. The van der Waals surface area contributed by atoms with E-state index in [0.717, 1.165) is 32.4 Å². The molecule has 1 aliphatic carbocycles. The third-order valence-electron chi connectivity index (χ3n) is 3.44. The molecule has 0 aromatic rings. The molecule has 4 unspecified atom stereocenters. The van der Waals surface area contributed by atoms with E-state index in [4.69, 9.17) is 9.47 Å². The minimum Gasteiger partial charge on any atom is -0.374 e. The monoisotopic (exact) mass is 257 g/mol. The number of ether oxygens (including phenoxy) is 2. The van der Waals surface area contributed by atoms with Gasteiger partial charge in [0.2, 0.25) is 0 Å². The minimum atomic E-state index is 0.250. The van der Waals surface area contributed by atoms with Gasteiger partial charge in [-0.25, -0.2) is 0 Å². The van der Waals surface area contributed by atoms with Crippen molar-refractivity contribution in [2.45, 2.75) is 78.2 Å². The summed E-state index contributed by atoms with van der Waals surface area (Å²) in [6, 6.07) is 0.484. The first-order chi connectivity index (χ1) is 8.58. The summed E-state index contributed by atoms with van der Waals surface area (Å²) >= 11 is 0. The van der Waals surface area contributed by atoms with Gasteiger partial charge >= 0.3 is 0 Å². The van der Waals surface area contributed by atoms with Crippen molar-refractivity contribution in [3.63, 3.8) is 0 Å². The normalized spacial score (nSPS) is 29.3. The van der Waals surface area contributed by atoms with E-state index in [1.807, 2.05) is 0 Å². The van der Waals surface area contributed by atoms with Crippen LogP contribution in [0.15, 0.2) is 0 Å². The fourth-order valence-corrected chi connectivity index (χ4v) is 2.67. The van der Waals surface area contributed by atoms with Gasteiger partial charge in [-0.2, -0.15) is 0 Å². The van der Waals surface area contributed by atoms with Gasteiger partial charge in [-0.1, -0.05) is 27.7 Å². The second kappa shape index (κ2) is 8.13. The van der Waals surface area contributed by atoms with Crippen LogP contribution in [0, 0.1) is 5.92 Å². The van der Waals surface area contributed by atoms with Crippen LogP contribution in [0.1, 0.15) is 53.9 Å². The lowest BCUT2D eigenvalue weighted by Gasteiger charge is -2.45. The molecule has 1 aliphatic rings. The lowest BCUT2D eigenvalue weighted by atomic mass is 9.84. The van der Waals surface area contributed by atoms with Crippen LogP contribution in [-0.4, -0.2) is 37.5 Å². The zero-order valence-corrected chi connectivity index (χ0v) is 12.7. The number of rotatable bonds is 9. The molecule has 108 valence electrons. The minimum absolute atomic E-state index is 0.250. The molecule has 0 aromatic carbocycles. The highest BCUT2D eigenvalue weighted by molar-refractivity contribution is 4.97. The number of nitrogens with one attached hydrogen (secondary N) is 1. The molecule has 3 nitrogen and oxygen atoms in total. The molecule has 1 fully saturated rings. The van der Waals surface area contributed by atoms with Crippen molar-refractivity contribution < 1.29 is 9.47 Å². The topological polar surface area (TPSA) is 30.5 Å². The Morgan fingerprint density at radius 2 is 1.94 bits per heavy atom. The Hall–Kier alpha value is -0.120. The third-order valence-corrected chi connectivity index (χ3v) is 3.44. The van der Waals surface area contributed by atoms with Crippen LogP contribution in [0.25, 0.3) is 0 Å². The quantitative estimate of drug-likeness (QED) is 0.689. The summed E-state index contributed by atoms with van der Waals surface area (Å²) in [5, 5.41) is 3.48. The lowest BCUT2D eigenvalue weighted by molar-refractivity contribution is -0.166. The van der Waals surface area contributed by atoms with Gasteiger partial charge in [0.15, 0.2) is 0 Å². The maximum Gasteiger partial charge on any atom is 0.0990 e. The van der Waals surface area contributed by atoms with Crippen LogP contribution < -0.4 is 5.32 Å². The van der Waals surface area contributed by atoms with E-state index in [9.17, 15) is 0 Å². The summed E-state index contributed by atoms with van der Waals surface area (Å²) in [7, 11) is 0. The summed E-state index contributed by atoms with van der Waals surface area (Å²) in [5.74, 6) is 0.694. The van der Waals surface area contributed by atoms with Crippen LogP contribution in [0.5, 0.6) is 0 Å². The van der Waals surface area contributed by atoms with Crippen LogP contribution in [-0.2, 0) is 9.47 Å². The maximum atomic E-state index is 6.12. The first-order valence-corrected chi connectivity index (χ1v) is 7.58. The molecule has 0 amide bonds. The second-order valence-electron chi connectivity index (χ2n) is 5.85. The van der Waals surface area contributed by atoms with E-state index in [-0.39, 0.29) is 12.2 Å². The van der Waals surface area contributed by atoms with Crippen LogP contribution in [0.3, 0.4) is 0 Å². The molecule has 4 atom stereocenters. The molecule has 18 heavy (non-hydrogen) atoms. The molecule has 1 N–H and O–H groups in total. The average Bonchev–Trinajstić information content (AvgIpc) is 2.27. The maximum absolute atomic E-state index is 6.12. The van der Waals surface area contributed by atoms with E-state index < -0.39 is 0 Å². The fourth-order valence-electron chi connectivity index (χ4n) is 2.67. The zero-order valence-electron chi connectivity index (χ0n) is 12.7. The smallest absolute Gasteiger partial charge is 0.0990 e. The molecular formula is C15H31NO2. The summed E-state index contributed by atoms with van der Waals surface area (Å²) in [6.45, 7) is 12.8. The summed E-state index contributed by atoms with van der Waals surface area (Å²) < 4.78 is 12.0. The number of hydrogen-bond donors (Lipinski definition) is 1. The Morgan fingerprint density at radius 3 is 2.50 bits per heavy atom. The molecule has 0 radical (unpaired) electrons. The van der Waals surface area contributed by atoms with Gasteiger partial charge in [0.25, 0.3) is 0 Å². The Balaban J connectivity index is 2.35. The summed E-state index contributed by atoms with van der Waals surface area (Å²) in [6.07, 6.45) is 4.16. The van der Waals surface area contributed by atoms with Gasteiger partial charge in [-0.05, 0) is 38.6 Å². The van der Waals surface area contributed by atoms with Gasteiger partial charge in [0.1, 0.15) is 0 Å². The molecule has 0 spiro atoms. The molecule has 0 heterocycles. The summed E-state index contributed by atoms with van der Waals surface area (Å²) in [4.78, 5) is 0. The Labute approximate surface area is 113 Å². The van der Waals surface area contributed by atoms with E-state index in [1.54, 1.807) is 0 Å². The van der Waals surface area contributed by atoms with Crippen molar-refractivity contribution in [3.05, 3.63) is 0 Å². The molecule has 1 saturated carbocycles. The van der Waals surface area contributed by atoms with Crippen molar-refractivity contribution >= 4 is 0 Å². The van der Waals surface area contributed by atoms with Crippen molar-refractivity contribution in [1.29, 1.82) is 0 Å². The highest BCUT2D eigenvalue weighted by Crippen LogP contribution is 2.29. The van der Waals surface area contributed by atoms with E-state index in [0.29, 0.717) is 18.1 Å². The molecule has 0 bridgehead atoms. The Kier molecular flexibility index (Phi) is 7.20. The molecule has 1 rings (SSSR count). The fraction of sp³-hybridized carbons (Fsp3) is 1.00. The molecule has 3 heteroatoms. The van der Waals surface area contributed by atoms with Crippen LogP contribution in [0.2, 0.25) is 0 Å². The van der Waals surface area contributed by atoms with Crippen LogP contribution >= 0.6 is 0 Å². The van der Waals surface area contributed by atoms with E-state index in [2.05, 4.69) is 39.9 Å². The van der Waals surface area contributed by atoms with Crippen molar-refractivity contribution in [3.8, 4) is 0 Å². The van der Waals surface area contributed by atoms with Gasteiger partial charge in [0, 0.05) is 12.6 Å². The Morgan fingerprint density at radius 1 is 1.22 bits per heavy atom. The zero-order chi connectivity index (χ0) is 13.5. The predicted molar refractivity (Wildman–Crippen MR) is 75.9 cm³/mol. The standard InChI is InChI=1S/C15H31NO2/c1-6-8-17-15-13(16-7-2)10-14(15)18-12(5)9-11(3)4/h11-16H,6-10H2,1-5H3. The molecule has 0 aliphatic heterocycles. The number of likely N-dealkylation sites (N-methyl/N-ethyl adjacent to an activating group) is 1. The summed E-state index contributed by atoms with van der Waals surface area (Å²) in [5.41, 5.74) is 0. The van der Waals surface area contributed by atoms with Crippen molar-refractivity contribution in [2.75, 3.05) is 13.2 Å². The van der Waals surface area contributed by atoms with E-state index in [1.165, 1.54) is 0 Å². The van der Waals surface area contributed by atoms with Gasteiger partial charge in [-0.15, -0.1) is 0 Å². The van der Waals surface area contributed by atoms with Gasteiger partial charge < -0.3 is 14.8 Å². The van der Waals surface area contributed by atoms with Crippen molar-refractivity contribution in [2.24, 2.45) is 5.92 Å². The highest BCUT2D eigenvalue weighted by atomic mass is 16.6. The average molecular weight is 257 g/mol. The number of hydrogen-bond acceptors (Lipinski definition) is 3. The lowest BCUT2D eigenvalue weighted by Crippen LogP contribution is -2.60. The first kappa shape index (κ1) is 15.9. The predicted octanol–water partition coefficient (Wildman–Crippen LogP) is 2.98.